The Morgan fingerprint density at radius 3 is 2.47 bits per heavy atom. The summed E-state index contributed by atoms with van der Waals surface area (Å²) in [5, 5.41) is 3.70. The van der Waals surface area contributed by atoms with Crippen LogP contribution in [0.5, 0.6) is 0 Å². The van der Waals surface area contributed by atoms with Crippen LogP contribution in [0.25, 0.3) is 11.1 Å². The van der Waals surface area contributed by atoms with Crippen molar-refractivity contribution >= 4 is 11.6 Å². The lowest BCUT2D eigenvalue weighted by Crippen LogP contribution is -2.11. The van der Waals surface area contributed by atoms with Crippen molar-refractivity contribution in [3.8, 4) is 11.1 Å². The van der Waals surface area contributed by atoms with E-state index in [9.17, 15) is 4.39 Å². The molecule has 0 aliphatic carbocycles. The predicted octanol–water partition coefficient (Wildman–Crippen LogP) is 4.56. The van der Waals surface area contributed by atoms with E-state index in [1.807, 2.05) is 19.1 Å². The van der Waals surface area contributed by atoms with Crippen LogP contribution >= 0.6 is 11.6 Å². The van der Waals surface area contributed by atoms with Crippen molar-refractivity contribution in [2.45, 2.75) is 20.4 Å². The molecule has 2 rings (SSSR count). The topological polar surface area (TPSA) is 12.0 Å². The van der Waals surface area contributed by atoms with Crippen molar-refractivity contribution in [1.29, 1.82) is 0 Å². The van der Waals surface area contributed by atoms with Gasteiger partial charge >= 0.3 is 0 Å². The number of hydrogen-bond donors (Lipinski definition) is 1. The minimum absolute atomic E-state index is 0.282. The minimum Gasteiger partial charge on any atom is -0.313 e. The first-order valence-electron chi connectivity index (χ1n) is 6.37. The SMILES string of the molecule is CCNCc1ccc(-c2ccc(Cl)cc2F)c(C)c1. The molecule has 0 heterocycles. The molecule has 0 aliphatic rings. The normalized spacial score (nSPS) is 10.7. The lowest BCUT2D eigenvalue weighted by Gasteiger charge is -2.10. The smallest absolute Gasteiger partial charge is 0.132 e. The van der Waals surface area contributed by atoms with E-state index < -0.39 is 0 Å². The quantitative estimate of drug-likeness (QED) is 0.864. The lowest BCUT2D eigenvalue weighted by molar-refractivity contribution is 0.631. The highest BCUT2D eigenvalue weighted by Gasteiger charge is 2.08. The Balaban J connectivity index is 2.35. The van der Waals surface area contributed by atoms with Crippen molar-refractivity contribution < 1.29 is 4.39 Å². The Labute approximate surface area is 118 Å². The van der Waals surface area contributed by atoms with E-state index in [4.69, 9.17) is 11.6 Å². The van der Waals surface area contributed by atoms with Crippen molar-refractivity contribution in [3.63, 3.8) is 0 Å². The van der Waals surface area contributed by atoms with Crippen LogP contribution in [0.2, 0.25) is 5.02 Å². The molecule has 100 valence electrons. The molecule has 0 spiro atoms. The third-order valence-electron chi connectivity index (χ3n) is 3.09. The van der Waals surface area contributed by atoms with Crippen LogP contribution in [-0.2, 0) is 6.54 Å². The Morgan fingerprint density at radius 2 is 1.84 bits per heavy atom. The molecule has 0 aliphatic heterocycles. The van der Waals surface area contributed by atoms with Crippen LogP contribution < -0.4 is 5.32 Å². The summed E-state index contributed by atoms with van der Waals surface area (Å²) in [6, 6.07) is 10.9. The van der Waals surface area contributed by atoms with Crippen LogP contribution in [0, 0.1) is 12.7 Å². The van der Waals surface area contributed by atoms with Gasteiger partial charge in [-0.25, -0.2) is 4.39 Å². The molecule has 2 aromatic rings. The summed E-state index contributed by atoms with van der Waals surface area (Å²) in [4.78, 5) is 0. The zero-order valence-electron chi connectivity index (χ0n) is 11.1. The number of aryl methyl sites for hydroxylation is 1. The van der Waals surface area contributed by atoms with Crippen LogP contribution in [0.15, 0.2) is 36.4 Å². The number of nitrogens with one attached hydrogen (secondary N) is 1. The van der Waals surface area contributed by atoms with Crippen LogP contribution in [0.1, 0.15) is 18.1 Å². The highest BCUT2D eigenvalue weighted by molar-refractivity contribution is 6.30. The highest BCUT2D eigenvalue weighted by Crippen LogP contribution is 2.28. The minimum atomic E-state index is -0.282. The van der Waals surface area contributed by atoms with Gasteiger partial charge in [-0.05, 0) is 48.4 Å². The molecule has 1 nitrogen and oxygen atoms in total. The van der Waals surface area contributed by atoms with Gasteiger partial charge in [0.25, 0.3) is 0 Å². The third kappa shape index (κ3) is 3.34. The molecule has 0 radical (unpaired) electrons. The summed E-state index contributed by atoms with van der Waals surface area (Å²) < 4.78 is 13.9. The highest BCUT2D eigenvalue weighted by atomic mass is 35.5. The first-order valence-corrected chi connectivity index (χ1v) is 6.75. The Hall–Kier alpha value is -1.38. The summed E-state index contributed by atoms with van der Waals surface area (Å²) in [6.45, 7) is 5.84. The summed E-state index contributed by atoms with van der Waals surface area (Å²) in [5.41, 5.74) is 3.78. The van der Waals surface area contributed by atoms with E-state index in [0.717, 1.165) is 24.2 Å². The Morgan fingerprint density at radius 1 is 1.11 bits per heavy atom. The van der Waals surface area contributed by atoms with E-state index in [2.05, 4.69) is 18.3 Å². The molecule has 0 fully saturated rings. The maximum Gasteiger partial charge on any atom is 0.132 e. The average molecular weight is 278 g/mol. The van der Waals surface area contributed by atoms with Gasteiger partial charge in [0.1, 0.15) is 5.82 Å². The lowest BCUT2D eigenvalue weighted by atomic mass is 9.98. The fourth-order valence-electron chi connectivity index (χ4n) is 2.12. The fourth-order valence-corrected chi connectivity index (χ4v) is 2.27. The maximum absolute atomic E-state index is 13.9. The second kappa shape index (κ2) is 6.18. The molecule has 2 aromatic carbocycles. The molecule has 0 bridgehead atoms. The maximum atomic E-state index is 13.9. The molecule has 0 aromatic heterocycles. The van der Waals surface area contributed by atoms with Crippen molar-refractivity contribution in [3.05, 3.63) is 58.4 Å². The number of rotatable bonds is 4. The van der Waals surface area contributed by atoms with Gasteiger partial charge in [0.2, 0.25) is 0 Å². The van der Waals surface area contributed by atoms with Crippen LogP contribution in [0.4, 0.5) is 4.39 Å². The molecule has 1 N–H and O–H groups in total. The molecule has 0 unspecified atom stereocenters. The Bertz CT molecular complexity index is 581. The summed E-state index contributed by atoms with van der Waals surface area (Å²) in [7, 11) is 0. The summed E-state index contributed by atoms with van der Waals surface area (Å²) in [6.07, 6.45) is 0. The van der Waals surface area contributed by atoms with Gasteiger partial charge in [0, 0.05) is 17.1 Å². The summed E-state index contributed by atoms with van der Waals surface area (Å²) >= 11 is 5.78. The summed E-state index contributed by atoms with van der Waals surface area (Å²) in [5.74, 6) is -0.282. The zero-order chi connectivity index (χ0) is 13.8. The first kappa shape index (κ1) is 14.0. The molecule has 3 heteroatoms. The molecular formula is C16H17ClFN. The average Bonchev–Trinajstić information content (AvgIpc) is 2.37. The fraction of sp³-hybridized carbons (Fsp3) is 0.250. The van der Waals surface area contributed by atoms with E-state index in [-0.39, 0.29) is 5.82 Å². The van der Waals surface area contributed by atoms with Gasteiger partial charge in [-0.1, -0.05) is 36.7 Å². The van der Waals surface area contributed by atoms with E-state index in [0.29, 0.717) is 10.6 Å². The second-order valence-corrected chi connectivity index (χ2v) is 4.99. The van der Waals surface area contributed by atoms with E-state index >= 15 is 0 Å². The number of benzene rings is 2. The van der Waals surface area contributed by atoms with E-state index in [1.165, 1.54) is 11.6 Å². The van der Waals surface area contributed by atoms with E-state index in [1.54, 1.807) is 12.1 Å². The zero-order valence-corrected chi connectivity index (χ0v) is 11.9. The van der Waals surface area contributed by atoms with Gasteiger partial charge in [-0.2, -0.15) is 0 Å². The standard InChI is InChI=1S/C16H17ClFN/c1-3-19-10-12-4-6-14(11(2)8-12)15-7-5-13(17)9-16(15)18/h4-9,19H,3,10H2,1-2H3. The molecule has 0 atom stereocenters. The first-order chi connectivity index (χ1) is 9.11. The van der Waals surface area contributed by atoms with Crippen LogP contribution in [-0.4, -0.2) is 6.54 Å². The molecule has 0 amide bonds. The van der Waals surface area contributed by atoms with Crippen molar-refractivity contribution in [2.24, 2.45) is 0 Å². The molecular weight excluding hydrogens is 261 g/mol. The number of halogens is 2. The molecule has 0 saturated heterocycles. The van der Waals surface area contributed by atoms with Gasteiger partial charge in [0.05, 0.1) is 0 Å². The predicted molar refractivity (Wildman–Crippen MR) is 79.0 cm³/mol. The third-order valence-corrected chi connectivity index (χ3v) is 3.33. The van der Waals surface area contributed by atoms with Crippen molar-refractivity contribution in [2.75, 3.05) is 6.54 Å². The van der Waals surface area contributed by atoms with Gasteiger partial charge < -0.3 is 5.32 Å². The monoisotopic (exact) mass is 277 g/mol. The second-order valence-electron chi connectivity index (χ2n) is 4.55. The number of hydrogen-bond acceptors (Lipinski definition) is 1. The largest absolute Gasteiger partial charge is 0.313 e. The van der Waals surface area contributed by atoms with Gasteiger partial charge in [-0.3, -0.25) is 0 Å². The Kier molecular flexibility index (Phi) is 4.56. The van der Waals surface area contributed by atoms with Crippen molar-refractivity contribution in [1.82, 2.24) is 5.32 Å². The molecule has 0 saturated carbocycles. The van der Waals surface area contributed by atoms with Crippen LogP contribution in [0.3, 0.4) is 0 Å². The van der Waals surface area contributed by atoms with Gasteiger partial charge in [-0.15, -0.1) is 0 Å². The van der Waals surface area contributed by atoms with Gasteiger partial charge in [0.15, 0.2) is 0 Å². The molecule has 19 heavy (non-hydrogen) atoms.